The van der Waals surface area contributed by atoms with Crippen LogP contribution in [0.25, 0.3) is 0 Å². The van der Waals surface area contributed by atoms with Crippen molar-refractivity contribution < 1.29 is 18.0 Å². The predicted octanol–water partition coefficient (Wildman–Crippen LogP) is 4.00. The molecule has 3 rings (SSSR count). The van der Waals surface area contributed by atoms with E-state index in [4.69, 9.17) is 0 Å². The molecule has 0 unspecified atom stereocenters. The van der Waals surface area contributed by atoms with Gasteiger partial charge in [-0.25, -0.2) is 0 Å². The fourth-order valence-electron chi connectivity index (χ4n) is 4.09. The van der Waals surface area contributed by atoms with E-state index in [9.17, 15) is 18.0 Å². The van der Waals surface area contributed by atoms with E-state index in [1.807, 2.05) is 18.2 Å². The van der Waals surface area contributed by atoms with Gasteiger partial charge in [0.1, 0.15) is 0 Å². The number of carbonyl (C=O) groups excluding carboxylic acids is 1. The molecule has 1 aromatic carbocycles. The summed E-state index contributed by atoms with van der Waals surface area (Å²) in [5.74, 6) is -2.52. The molecule has 25 heavy (non-hydrogen) atoms. The third-order valence-electron chi connectivity index (χ3n) is 5.50. The Labute approximate surface area is 146 Å². The number of nitrogens with one attached hydrogen (secondary N) is 1. The van der Waals surface area contributed by atoms with E-state index in [2.05, 4.69) is 22.3 Å². The zero-order chi connectivity index (χ0) is 17.9. The summed E-state index contributed by atoms with van der Waals surface area (Å²) in [6.45, 7) is 2.21. The van der Waals surface area contributed by atoms with Crippen LogP contribution >= 0.6 is 0 Å². The molecule has 3 atom stereocenters. The molecule has 0 radical (unpaired) electrons. The molecule has 0 bridgehead atoms. The first kappa shape index (κ1) is 18.1. The lowest BCUT2D eigenvalue weighted by atomic mass is 9.78. The average Bonchev–Trinajstić information content (AvgIpc) is 3.09. The minimum atomic E-state index is -4.28. The van der Waals surface area contributed by atoms with E-state index in [1.165, 1.54) is 0 Å². The maximum atomic E-state index is 13.1. The quantitative estimate of drug-likeness (QED) is 0.886. The molecule has 1 N–H and O–H groups in total. The van der Waals surface area contributed by atoms with Gasteiger partial charge in [0.2, 0.25) is 5.91 Å². The summed E-state index contributed by atoms with van der Waals surface area (Å²) in [6.07, 6.45) is -1.65. The van der Waals surface area contributed by atoms with Crippen LogP contribution in [0.2, 0.25) is 0 Å². The number of halogens is 3. The third-order valence-corrected chi connectivity index (χ3v) is 5.50. The number of anilines is 1. The van der Waals surface area contributed by atoms with Gasteiger partial charge < -0.3 is 10.2 Å². The lowest BCUT2D eigenvalue weighted by molar-refractivity contribution is -0.198. The Morgan fingerprint density at radius 3 is 2.56 bits per heavy atom. The Morgan fingerprint density at radius 2 is 1.84 bits per heavy atom. The molecule has 1 amide bonds. The molecule has 1 aliphatic carbocycles. The number of carbonyl (C=O) groups is 1. The number of amides is 1. The summed E-state index contributed by atoms with van der Waals surface area (Å²) in [5, 5.41) is 2.80. The second-order valence-corrected chi connectivity index (χ2v) is 7.22. The lowest BCUT2D eigenvalue weighted by Crippen LogP contribution is -2.43. The van der Waals surface area contributed by atoms with Gasteiger partial charge in [0.15, 0.2) is 0 Å². The summed E-state index contributed by atoms with van der Waals surface area (Å²) >= 11 is 0. The number of benzene rings is 1. The van der Waals surface area contributed by atoms with Gasteiger partial charge in [-0.15, -0.1) is 0 Å². The maximum absolute atomic E-state index is 13.1. The monoisotopic (exact) mass is 354 g/mol. The van der Waals surface area contributed by atoms with Crippen LogP contribution in [-0.2, 0) is 4.79 Å². The Morgan fingerprint density at radius 1 is 1.12 bits per heavy atom. The van der Waals surface area contributed by atoms with Gasteiger partial charge in [0.25, 0.3) is 0 Å². The molecule has 0 spiro atoms. The van der Waals surface area contributed by atoms with E-state index in [0.29, 0.717) is 25.8 Å². The molecule has 1 heterocycles. The topological polar surface area (TPSA) is 32.3 Å². The largest absolute Gasteiger partial charge is 0.392 e. The van der Waals surface area contributed by atoms with Crippen LogP contribution in [0.4, 0.5) is 18.9 Å². The summed E-state index contributed by atoms with van der Waals surface area (Å²) in [7, 11) is 0. The van der Waals surface area contributed by atoms with Crippen molar-refractivity contribution in [2.24, 2.45) is 17.8 Å². The van der Waals surface area contributed by atoms with E-state index in [1.54, 1.807) is 0 Å². The van der Waals surface area contributed by atoms with Crippen molar-refractivity contribution in [3.8, 4) is 0 Å². The number of hydrogen-bond acceptors (Lipinski definition) is 2. The second kappa shape index (κ2) is 7.67. The van der Waals surface area contributed by atoms with E-state index >= 15 is 0 Å². The van der Waals surface area contributed by atoms with Crippen LogP contribution in [0.15, 0.2) is 30.3 Å². The molecular weight excluding hydrogens is 329 g/mol. The van der Waals surface area contributed by atoms with Crippen LogP contribution < -0.4 is 10.2 Å². The molecule has 6 heteroatoms. The first-order chi connectivity index (χ1) is 11.9. The van der Waals surface area contributed by atoms with E-state index < -0.39 is 23.9 Å². The standard InChI is InChI=1S/C19H25F3N2O/c20-19(21,22)17-9-5-4-8-16(17)18(25)23-12-14-10-11-24(13-14)15-6-2-1-3-7-15/h1-3,6-7,14,16-17H,4-5,8-13H2,(H,23,25)/t14-,16+,17+/m0/s1. The van der Waals surface area contributed by atoms with Crippen molar-refractivity contribution in [1.82, 2.24) is 5.32 Å². The lowest BCUT2D eigenvalue weighted by Gasteiger charge is -2.32. The smallest absolute Gasteiger partial charge is 0.371 e. The molecule has 2 fully saturated rings. The highest BCUT2D eigenvalue weighted by Gasteiger charge is 2.48. The summed E-state index contributed by atoms with van der Waals surface area (Å²) in [5.41, 5.74) is 1.15. The van der Waals surface area contributed by atoms with Gasteiger partial charge >= 0.3 is 6.18 Å². The third kappa shape index (κ3) is 4.47. The molecular formula is C19H25F3N2O. The van der Waals surface area contributed by atoms with Gasteiger partial charge in [-0.1, -0.05) is 31.0 Å². The van der Waals surface area contributed by atoms with Gasteiger partial charge in [-0.2, -0.15) is 13.2 Å². The molecule has 1 aliphatic heterocycles. The van der Waals surface area contributed by atoms with Crippen molar-refractivity contribution in [2.45, 2.75) is 38.3 Å². The van der Waals surface area contributed by atoms with Crippen molar-refractivity contribution in [1.29, 1.82) is 0 Å². The Balaban J connectivity index is 1.51. The molecule has 1 saturated carbocycles. The average molecular weight is 354 g/mol. The van der Waals surface area contributed by atoms with Gasteiger partial charge in [0, 0.05) is 31.2 Å². The molecule has 3 nitrogen and oxygen atoms in total. The van der Waals surface area contributed by atoms with Crippen molar-refractivity contribution in [3.63, 3.8) is 0 Å². The highest BCUT2D eigenvalue weighted by atomic mass is 19.4. The van der Waals surface area contributed by atoms with Gasteiger partial charge in [0.05, 0.1) is 5.92 Å². The minimum absolute atomic E-state index is 0.0762. The fraction of sp³-hybridized carbons (Fsp3) is 0.632. The SMILES string of the molecule is O=C(NC[C@@H]1CCN(c2ccccc2)C1)[C@@H]1CCCC[C@H]1C(F)(F)F. The van der Waals surface area contributed by atoms with Crippen LogP contribution in [-0.4, -0.2) is 31.7 Å². The summed E-state index contributed by atoms with van der Waals surface area (Å²) in [4.78, 5) is 14.6. The van der Waals surface area contributed by atoms with Crippen molar-refractivity contribution >= 4 is 11.6 Å². The molecule has 0 aromatic heterocycles. The zero-order valence-electron chi connectivity index (χ0n) is 14.3. The van der Waals surface area contributed by atoms with E-state index in [0.717, 1.165) is 25.2 Å². The molecule has 1 saturated heterocycles. The number of rotatable bonds is 4. The maximum Gasteiger partial charge on any atom is 0.392 e. The van der Waals surface area contributed by atoms with Crippen LogP contribution in [0.3, 0.4) is 0 Å². The normalized spacial score (nSPS) is 27.3. The Bertz CT molecular complexity index is 576. The van der Waals surface area contributed by atoms with Crippen molar-refractivity contribution in [2.75, 3.05) is 24.5 Å². The van der Waals surface area contributed by atoms with Gasteiger partial charge in [-0.05, 0) is 37.3 Å². The number of hydrogen-bond donors (Lipinski definition) is 1. The summed E-state index contributed by atoms with van der Waals surface area (Å²) in [6, 6.07) is 10.1. The molecule has 2 aliphatic rings. The first-order valence-electron chi connectivity index (χ1n) is 9.09. The highest BCUT2D eigenvalue weighted by Crippen LogP contribution is 2.41. The fourth-order valence-corrected chi connectivity index (χ4v) is 4.09. The van der Waals surface area contributed by atoms with Crippen molar-refractivity contribution in [3.05, 3.63) is 30.3 Å². The Kier molecular flexibility index (Phi) is 5.54. The van der Waals surface area contributed by atoms with Crippen LogP contribution in [0.1, 0.15) is 32.1 Å². The van der Waals surface area contributed by atoms with Gasteiger partial charge in [-0.3, -0.25) is 4.79 Å². The first-order valence-corrected chi connectivity index (χ1v) is 9.09. The predicted molar refractivity (Wildman–Crippen MR) is 91.3 cm³/mol. The molecule has 138 valence electrons. The zero-order valence-corrected chi connectivity index (χ0v) is 14.3. The summed E-state index contributed by atoms with van der Waals surface area (Å²) < 4.78 is 39.4. The molecule has 1 aromatic rings. The second-order valence-electron chi connectivity index (χ2n) is 7.22. The minimum Gasteiger partial charge on any atom is -0.371 e. The number of nitrogens with zero attached hydrogens (tertiary/aromatic N) is 1. The van der Waals surface area contributed by atoms with Crippen LogP contribution in [0.5, 0.6) is 0 Å². The van der Waals surface area contributed by atoms with Crippen LogP contribution in [0, 0.1) is 17.8 Å². The Hall–Kier alpha value is -1.72. The highest BCUT2D eigenvalue weighted by molar-refractivity contribution is 5.79. The number of alkyl halides is 3. The number of para-hydroxylation sites is 1. The van der Waals surface area contributed by atoms with E-state index in [-0.39, 0.29) is 12.3 Å².